The van der Waals surface area contributed by atoms with Gasteiger partial charge in [-0.25, -0.2) is 4.98 Å². The summed E-state index contributed by atoms with van der Waals surface area (Å²) >= 11 is 3.25. The first-order chi connectivity index (χ1) is 13.7. The van der Waals surface area contributed by atoms with E-state index in [0.717, 1.165) is 65.5 Å². The van der Waals surface area contributed by atoms with E-state index in [1.54, 1.807) is 23.1 Å². The van der Waals surface area contributed by atoms with E-state index in [2.05, 4.69) is 5.16 Å². The number of rotatable bonds is 5. The smallest absolute Gasteiger partial charge is 0.263 e. The summed E-state index contributed by atoms with van der Waals surface area (Å²) in [5.41, 5.74) is 2.21. The zero-order valence-corrected chi connectivity index (χ0v) is 17.5. The molecule has 3 aromatic rings. The van der Waals surface area contributed by atoms with Crippen LogP contribution in [0.3, 0.4) is 0 Å². The zero-order valence-electron chi connectivity index (χ0n) is 15.9. The second-order valence-corrected chi connectivity index (χ2v) is 9.58. The zero-order chi connectivity index (χ0) is 19.1. The van der Waals surface area contributed by atoms with E-state index in [-0.39, 0.29) is 11.7 Å². The van der Waals surface area contributed by atoms with Crippen molar-refractivity contribution in [3.8, 4) is 0 Å². The van der Waals surface area contributed by atoms with Crippen LogP contribution >= 0.6 is 23.1 Å². The number of aryl methyl sites for hydroxylation is 3. The van der Waals surface area contributed by atoms with Gasteiger partial charge in [0.05, 0.1) is 23.7 Å². The molecule has 0 unspecified atom stereocenters. The van der Waals surface area contributed by atoms with Crippen LogP contribution in [0.4, 0.5) is 0 Å². The number of thioether (sulfide) groups is 1. The minimum absolute atomic E-state index is 0.0960. The van der Waals surface area contributed by atoms with Crippen LogP contribution in [0.5, 0.6) is 0 Å². The highest BCUT2D eigenvalue weighted by atomic mass is 32.2. The largest absolute Gasteiger partial charge is 0.376 e. The van der Waals surface area contributed by atoms with Gasteiger partial charge in [-0.2, -0.15) is 0 Å². The summed E-state index contributed by atoms with van der Waals surface area (Å²) in [6.45, 7) is 3.24. The fourth-order valence-electron chi connectivity index (χ4n) is 4.11. The lowest BCUT2D eigenvalue weighted by Gasteiger charge is -2.16. The summed E-state index contributed by atoms with van der Waals surface area (Å²) in [6.07, 6.45) is 6.59. The third-order valence-corrected chi connectivity index (χ3v) is 7.67. The van der Waals surface area contributed by atoms with E-state index >= 15 is 0 Å². The lowest BCUT2D eigenvalue weighted by Crippen LogP contribution is -2.29. The minimum atomic E-state index is 0.0960. The molecule has 0 spiro atoms. The van der Waals surface area contributed by atoms with Crippen molar-refractivity contribution in [3.05, 3.63) is 38.3 Å². The molecule has 0 bridgehead atoms. The van der Waals surface area contributed by atoms with Crippen molar-refractivity contribution in [3.63, 3.8) is 0 Å². The number of ether oxygens (including phenoxy) is 1. The van der Waals surface area contributed by atoms with Crippen molar-refractivity contribution >= 4 is 33.3 Å². The van der Waals surface area contributed by atoms with E-state index < -0.39 is 0 Å². The van der Waals surface area contributed by atoms with E-state index in [4.69, 9.17) is 14.2 Å². The van der Waals surface area contributed by atoms with Crippen LogP contribution in [-0.2, 0) is 29.9 Å². The molecule has 5 rings (SSSR count). The van der Waals surface area contributed by atoms with Gasteiger partial charge in [0, 0.05) is 23.3 Å². The van der Waals surface area contributed by atoms with Crippen LogP contribution in [0.25, 0.3) is 10.2 Å². The molecule has 148 valence electrons. The molecule has 0 N–H and O–H groups in total. The molecule has 6 nitrogen and oxygen atoms in total. The van der Waals surface area contributed by atoms with Gasteiger partial charge in [0.25, 0.3) is 5.56 Å². The molecule has 8 heteroatoms. The Hall–Kier alpha value is -1.64. The van der Waals surface area contributed by atoms with Gasteiger partial charge in [0.2, 0.25) is 0 Å². The summed E-state index contributed by atoms with van der Waals surface area (Å²) in [4.78, 5) is 20.7. The summed E-state index contributed by atoms with van der Waals surface area (Å²) in [5.74, 6) is 1.42. The molecule has 1 fully saturated rings. The Balaban J connectivity index is 1.56. The first-order valence-corrected chi connectivity index (χ1v) is 11.7. The third kappa shape index (κ3) is 3.42. The van der Waals surface area contributed by atoms with Crippen LogP contribution in [0.1, 0.15) is 47.6 Å². The van der Waals surface area contributed by atoms with Gasteiger partial charge < -0.3 is 9.26 Å². The summed E-state index contributed by atoms with van der Waals surface area (Å²) in [7, 11) is 0. The SMILES string of the molecule is Cc1cc(CSc2nc3sc4c(c3c(=O)n2C[C@@H]2CCCO2)CCCC4)no1. The maximum absolute atomic E-state index is 13.5. The highest BCUT2D eigenvalue weighted by Crippen LogP contribution is 2.35. The van der Waals surface area contributed by atoms with Gasteiger partial charge in [-0.3, -0.25) is 9.36 Å². The van der Waals surface area contributed by atoms with Crippen LogP contribution in [0.15, 0.2) is 20.5 Å². The monoisotopic (exact) mass is 417 g/mol. The van der Waals surface area contributed by atoms with Crippen LogP contribution in [0.2, 0.25) is 0 Å². The molecule has 28 heavy (non-hydrogen) atoms. The molecule has 4 heterocycles. The Bertz CT molecular complexity index is 1060. The van der Waals surface area contributed by atoms with Crippen LogP contribution < -0.4 is 5.56 Å². The predicted octanol–water partition coefficient (Wildman–Crippen LogP) is 4.10. The molecule has 1 aliphatic heterocycles. The van der Waals surface area contributed by atoms with Crippen molar-refractivity contribution in [2.24, 2.45) is 0 Å². The Labute approximate surface area is 171 Å². The molecule has 1 atom stereocenters. The van der Waals surface area contributed by atoms with Crippen molar-refractivity contribution in [1.82, 2.24) is 14.7 Å². The number of fused-ring (bicyclic) bond motifs is 3. The molecule has 0 aromatic carbocycles. The number of aromatic nitrogens is 3. The average molecular weight is 418 g/mol. The summed E-state index contributed by atoms with van der Waals surface area (Å²) in [6, 6.07) is 1.93. The molecular formula is C20H23N3O3S2. The molecule has 0 saturated carbocycles. The molecule has 3 aromatic heterocycles. The average Bonchev–Trinajstić information content (AvgIpc) is 3.42. The predicted molar refractivity (Wildman–Crippen MR) is 110 cm³/mol. The third-order valence-electron chi connectivity index (χ3n) is 5.48. The summed E-state index contributed by atoms with van der Waals surface area (Å²) in [5, 5.41) is 5.67. The van der Waals surface area contributed by atoms with Gasteiger partial charge in [-0.15, -0.1) is 11.3 Å². The number of nitrogens with zero attached hydrogens (tertiary/aromatic N) is 3. The number of hydrogen-bond acceptors (Lipinski definition) is 7. The van der Waals surface area contributed by atoms with Gasteiger partial charge in [0.15, 0.2) is 5.16 Å². The van der Waals surface area contributed by atoms with Crippen molar-refractivity contribution in [1.29, 1.82) is 0 Å². The Morgan fingerprint density at radius 2 is 2.21 bits per heavy atom. The minimum Gasteiger partial charge on any atom is -0.376 e. The maximum atomic E-state index is 13.5. The molecule has 1 aliphatic carbocycles. The first-order valence-electron chi connectivity index (χ1n) is 9.91. The second kappa shape index (κ2) is 7.65. The van der Waals surface area contributed by atoms with Crippen molar-refractivity contribution in [2.75, 3.05) is 6.61 Å². The molecule has 2 aliphatic rings. The maximum Gasteiger partial charge on any atom is 0.263 e. The van der Waals surface area contributed by atoms with Crippen molar-refractivity contribution in [2.45, 2.75) is 69.0 Å². The van der Waals surface area contributed by atoms with E-state index in [1.807, 2.05) is 17.6 Å². The lowest BCUT2D eigenvalue weighted by atomic mass is 9.97. The van der Waals surface area contributed by atoms with Gasteiger partial charge in [-0.1, -0.05) is 16.9 Å². The quantitative estimate of drug-likeness (QED) is 0.460. The molecule has 0 amide bonds. The van der Waals surface area contributed by atoms with Gasteiger partial charge >= 0.3 is 0 Å². The first kappa shape index (κ1) is 18.4. The topological polar surface area (TPSA) is 70.2 Å². The van der Waals surface area contributed by atoms with E-state index in [9.17, 15) is 4.79 Å². The molecule has 0 radical (unpaired) electrons. The van der Waals surface area contributed by atoms with E-state index in [0.29, 0.717) is 12.3 Å². The highest BCUT2D eigenvalue weighted by molar-refractivity contribution is 7.98. The van der Waals surface area contributed by atoms with E-state index in [1.165, 1.54) is 16.9 Å². The Morgan fingerprint density at radius 3 is 3.00 bits per heavy atom. The van der Waals surface area contributed by atoms with Crippen LogP contribution in [-0.4, -0.2) is 27.4 Å². The van der Waals surface area contributed by atoms with Crippen molar-refractivity contribution < 1.29 is 9.26 Å². The second-order valence-electron chi connectivity index (χ2n) is 7.55. The number of thiophene rings is 1. The standard InChI is InChI=1S/C20H23N3O3S2/c1-12-9-13(22-26-12)11-27-20-21-18-17(15-6-2-3-7-16(15)28-18)19(24)23(20)10-14-5-4-8-25-14/h9,14H,2-8,10-11H2,1H3/t14-/m0/s1. The van der Waals surface area contributed by atoms with Crippen LogP contribution in [0, 0.1) is 6.92 Å². The Morgan fingerprint density at radius 1 is 1.32 bits per heavy atom. The van der Waals surface area contributed by atoms with Gasteiger partial charge in [0.1, 0.15) is 10.6 Å². The normalized spacial score (nSPS) is 19.4. The summed E-state index contributed by atoms with van der Waals surface area (Å²) < 4.78 is 12.8. The van der Waals surface area contributed by atoms with Gasteiger partial charge in [-0.05, 0) is 51.0 Å². The number of hydrogen-bond donors (Lipinski definition) is 0. The molecular weight excluding hydrogens is 394 g/mol. The lowest BCUT2D eigenvalue weighted by molar-refractivity contribution is 0.0937. The fourth-order valence-corrected chi connectivity index (χ4v) is 6.30. The fraction of sp³-hybridized carbons (Fsp3) is 0.550. The molecule has 1 saturated heterocycles. The highest BCUT2D eigenvalue weighted by Gasteiger charge is 2.25. The Kier molecular flexibility index (Phi) is 5.02.